The second kappa shape index (κ2) is 9.23. The fourth-order valence-electron chi connectivity index (χ4n) is 4.92. The zero-order chi connectivity index (χ0) is 21.9. The number of carbonyl (C=O) groups excluding carboxylic acids is 2. The molecule has 3 aliphatic rings. The van der Waals surface area contributed by atoms with Gasteiger partial charge in [0.25, 0.3) is 11.8 Å². The van der Waals surface area contributed by atoms with Gasteiger partial charge in [-0.1, -0.05) is 24.3 Å². The Labute approximate surface area is 189 Å². The zero-order valence-corrected chi connectivity index (χ0v) is 18.4. The second-order valence-corrected chi connectivity index (χ2v) is 9.03. The van der Waals surface area contributed by atoms with Crippen molar-refractivity contribution < 1.29 is 19.1 Å². The average Bonchev–Trinajstić information content (AvgIpc) is 3.39. The molecule has 0 N–H and O–H groups in total. The van der Waals surface area contributed by atoms with Crippen LogP contribution in [0.5, 0.6) is 11.5 Å². The van der Waals surface area contributed by atoms with Crippen LogP contribution in [0.4, 0.5) is 0 Å². The van der Waals surface area contributed by atoms with Crippen molar-refractivity contribution in [3.05, 3.63) is 59.7 Å². The summed E-state index contributed by atoms with van der Waals surface area (Å²) in [5.74, 6) is 2.05. The summed E-state index contributed by atoms with van der Waals surface area (Å²) in [6, 6.07) is 15.6. The number of carbonyl (C=O) groups is 2. The summed E-state index contributed by atoms with van der Waals surface area (Å²) in [7, 11) is 0. The van der Waals surface area contributed by atoms with E-state index in [1.807, 2.05) is 46.2 Å². The molecule has 168 valence electrons. The standard InChI is InChI=1S/C26H30N2O4/c29-25(27-13-3-4-14-27)21-9-7-19(8-10-21)17-20-11-15-28(16-12-20)26(30)24-18-31-22-5-1-2-6-23(22)32-24/h1-2,5-10,20,24H,3-4,11-18H2. The van der Waals surface area contributed by atoms with Crippen molar-refractivity contribution in [2.75, 3.05) is 32.8 Å². The molecule has 0 aliphatic carbocycles. The summed E-state index contributed by atoms with van der Waals surface area (Å²) < 4.78 is 11.6. The molecule has 6 heteroatoms. The molecule has 0 spiro atoms. The van der Waals surface area contributed by atoms with Gasteiger partial charge in [0.2, 0.25) is 6.10 Å². The van der Waals surface area contributed by atoms with Gasteiger partial charge in [-0.25, -0.2) is 0 Å². The number of hydrogen-bond acceptors (Lipinski definition) is 4. The third kappa shape index (κ3) is 4.45. The number of amides is 2. The molecule has 3 heterocycles. The maximum Gasteiger partial charge on any atom is 0.267 e. The number of fused-ring (bicyclic) bond motifs is 1. The van der Waals surface area contributed by atoms with Crippen molar-refractivity contribution in [3.8, 4) is 11.5 Å². The van der Waals surface area contributed by atoms with Gasteiger partial charge in [-0.05, 0) is 67.9 Å². The molecule has 0 aromatic heterocycles. The van der Waals surface area contributed by atoms with E-state index in [1.54, 1.807) is 0 Å². The highest BCUT2D eigenvalue weighted by molar-refractivity contribution is 5.94. The Bertz CT molecular complexity index is 960. The molecule has 2 aromatic rings. The van der Waals surface area contributed by atoms with E-state index in [9.17, 15) is 9.59 Å². The largest absolute Gasteiger partial charge is 0.485 e. The molecule has 3 aliphatic heterocycles. The van der Waals surface area contributed by atoms with Crippen LogP contribution in [0.25, 0.3) is 0 Å². The molecule has 5 rings (SSSR count). The first kappa shape index (κ1) is 20.9. The second-order valence-electron chi connectivity index (χ2n) is 9.03. The van der Waals surface area contributed by atoms with Crippen LogP contribution in [0.1, 0.15) is 41.6 Å². The normalized spacial score (nSPS) is 20.9. The number of hydrogen-bond donors (Lipinski definition) is 0. The molecule has 2 amide bonds. The Hall–Kier alpha value is -3.02. The lowest BCUT2D eigenvalue weighted by atomic mass is 9.89. The van der Waals surface area contributed by atoms with Crippen molar-refractivity contribution in [2.45, 2.75) is 38.2 Å². The summed E-state index contributed by atoms with van der Waals surface area (Å²) >= 11 is 0. The molecular formula is C26H30N2O4. The molecule has 6 nitrogen and oxygen atoms in total. The summed E-state index contributed by atoms with van der Waals surface area (Å²) in [4.78, 5) is 29.3. The van der Waals surface area contributed by atoms with Crippen LogP contribution in [-0.4, -0.2) is 60.5 Å². The Morgan fingerprint density at radius 2 is 1.53 bits per heavy atom. The molecule has 0 bridgehead atoms. The molecule has 2 aromatic carbocycles. The van der Waals surface area contributed by atoms with Gasteiger partial charge in [-0.15, -0.1) is 0 Å². The van der Waals surface area contributed by atoms with E-state index < -0.39 is 6.10 Å². The van der Waals surface area contributed by atoms with Gasteiger partial charge >= 0.3 is 0 Å². The van der Waals surface area contributed by atoms with Gasteiger partial charge in [0.05, 0.1) is 0 Å². The van der Waals surface area contributed by atoms with Gasteiger partial charge in [-0.2, -0.15) is 0 Å². The average molecular weight is 435 g/mol. The van der Waals surface area contributed by atoms with Crippen LogP contribution in [0.15, 0.2) is 48.5 Å². The maximum absolute atomic E-state index is 12.9. The van der Waals surface area contributed by atoms with Gasteiger partial charge in [0.15, 0.2) is 11.5 Å². The van der Waals surface area contributed by atoms with Gasteiger partial charge in [0.1, 0.15) is 6.61 Å². The first-order valence-electron chi connectivity index (χ1n) is 11.7. The van der Waals surface area contributed by atoms with E-state index >= 15 is 0 Å². The lowest BCUT2D eigenvalue weighted by molar-refractivity contribution is -0.142. The van der Waals surface area contributed by atoms with Crippen molar-refractivity contribution in [1.82, 2.24) is 9.80 Å². The maximum atomic E-state index is 12.9. The number of nitrogens with zero attached hydrogens (tertiary/aromatic N) is 2. The molecule has 1 atom stereocenters. The topological polar surface area (TPSA) is 59.1 Å². The monoisotopic (exact) mass is 434 g/mol. The smallest absolute Gasteiger partial charge is 0.267 e. The summed E-state index contributed by atoms with van der Waals surface area (Å²) in [6.07, 6.45) is 4.59. The number of benzene rings is 2. The Morgan fingerprint density at radius 3 is 2.25 bits per heavy atom. The van der Waals surface area contributed by atoms with Crippen LogP contribution in [-0.2, 0) is 11.2 Å². The van der Waals surface area contributed by atoms with Crippen LogP contribution in [0.3, 0.4) is 0 Å². The lowest BCUT2D eigenvalue weighted by Gasteiger charge is -2.35. The Morgan fingerprint density at radius 1 is 0.844 bits per heavy atom. The molecular weight excluding hydrogens is 404 g/mol. The minimum atomic E-state index is -0.567. The van der Waals surface area contributed by atoms with E-state index in [4.69, 9.17) is 9.47 Å². The van der Waals surface area contributed by atoms with Crippen molar-refractivity contribution in [3.63, 3.8) is 0 Å². The van der Waals surface area contributed by atoms with Gasteiger partial charge < -0.3 is 19.3 Å². The zero-order valence-electron chi connectivity index (χ0n) is 18.4. The first-order valence-corrected chi connectivity index (χ1v) is 11.7. The van der Waals surface area contributed by atoms with Gasteiger partial charge in [0, 0.05) is 31.7 Å². The van der Waals surface area contributed by atoms with E-state index in [0.717, 1.165) is 63.8 Å². The van der Waals surface area contributed by atoms with Crippen LogP contribution in [0, 0.1) is 5.92 Å². The highest BCUT2D eigenvalue weighted by Gasteiger charge is 2.33. The fraction of sp³-hybridized carbons (Fsp3) is 0.462. The number of likely N-dealkylation sites (tertiary alicyclic amines) is 2. The fourth-order valence-corrected chi connectivity index (χ4v) is 4.92. The minimum absolute atomic E-state index is 0.0164. The third-order valence-electron chi connectivity index (χ3n) is 6.83. The molecule has 0 saturated carbocycles. The van der Waals surface area contributed by atoms with Crippen molar-refractivity contribution >= 4 is 11.8 Å². The van der Waals surface area contributed by atoms with E-state index in [0.29, 0.717) is 17.4 Å². The Balaban J connectivity index is 1.11. The number of ether oxygens (including phenoxy) is 2. The summed E-state index contributed by atoms with van der Waals surface area (Å²) in [6.45, 7) is 3.51. The van der Waals surface area contributed by atoms with Crippen molar-refractivity contribution in [1.29, 1.82) is 0 Å². The summed E-state index contributed by atoms with van der Waals surface area (Å²) in [5.41, 5.74) is 2.04. The van der Waals surface area contributed by atoms with Crippen LogP contribution < -0.4 is 9.47 Å². The highest BCUT2D eigenvalue weighted by Crippen LogP contribution is 2.32. The first-order chi connectivity index (χ1) is 15.7. The quantitative estimate of drug-likeness (QED) is 0.739. The van der Waals surface area contributed by atoms with Crippen LogP contribution >= 0.6 is 0 Å². The molecule has 0 radical (unpaired) electrons. The summed E-state index contributed by atoms with van der Waals surface area (Å²) in [5, 5.41) is 0. The van der Waals surface area contributed by atoms with Gasteiger partial charge in [-0.3, -0.25) is 9.59 Å². The molecule has 2 saturated heterocycles. The van der Waals surface area contributed by atoms with Crippen LogP contribution in [0.2, 0.25) is 0 Å². The molecule has 2 fully saturated rings. The third-order valence-corrected chi connectivity index (χ3v) is 6.83. The molecule has 1 unspecified atom stereocenters. The SMILES string of the molecule is O=C(c1ccc(CC2CCN(C(=O)C3COc4ccccc4O3)CC2)cc1)N1CCCC1. The predicted octanol–water partition coefficient (Wildman–Crippen LogP) is 3.54. The molecule has 32 heavy (non-hydrogen) atoms. The number of rotatable bonds is 4. The minimum Gasteiger partial charge on any atom is -0.485 e. The van der Waals surface area contributed by atoms with Crippen molar-refractivity contribution in [2.24, 2.45) is 5.92 Å². The number of para-hydroxylation sites is 2. The van der Waals surface area contributed by atoms with E-state index in [-0.39, 0.29) is 18.4 Å². The highest BCUT2D eigenvalue weighted by atomic mass is 16.6. The Kier molecular flexibility index (Phi) is 6.02. The van der Waals surface area contributed by atoms with E-state index in [1.165, 1.54) is 5.56 Å². The number of piperidine rings is 1. The van der Waals surface area contributed by atoms with E-state index in [2.05, 4.69) is 12.1 Å². The predicted molar refractivity (Wildman–Crippen MR) is 121 cm³/mol. The lowest BCUT2D eigenvalue weighted by Crippen LogP contribution is -2.49.